The third-order valence-corrected chi connectivity index (χ3v) is 1.92. The first-order valence-corrected chi connectivity index (χ1v) is 3.79. The van der Waals surface area contributed by atoms with Crippen molar-refractivity contribution in [2.75, 3.05) is 0 Å². The molecule has 1 aromatic rings. The van der Waals surface area contributed by atoms with Crippen LogP contribution in [-0.4, -0.2) is 6.47 Å². The van der Waals surface area contributed by atoms with Crippen molar-refractivity contribution in [3.63, 3.8) is 0 Å². The molecule has 0 aromatic heterocycles. The highest BCUT2D eigenvalue weighted by Gasteiger charge is 2.01. The van der Waals surface area contributed by atoms with Crippen LogP contribution in [-0.2, 0) is 16.1 Å². The Hall–Kier alpha value is -1.31. The summed E-state index contributed by atoms with van der Waals surface area (Å²) in [5.74, 6) is 0. The van der Waals surface area contributed by atoms with Crippen LogP contribution in [0.15, 0.2) is 18.2 Å². The Kier molecular flexibility index (Phi) is 2.86. The summed E-state index contributed by atoms with van der Waals surface area (Å²) in [4.78, 5) is 9.85. The SMILES string of the molecule is Cc1cccc(C)c1CO[C]=O. The lowest BCUT2D eigenvalue weighted by Gasteiger charge is -2.06. The van der Waals surface area contributed by atoms with E-state index in [9.17, 15) is 4.79 Å². The van der Waals surface area contributed by atoms with Gasteiger partial charge in [0.2, 0.25) is 0 Å². The van der Waals surface area contributed by atoms with E-state index < -0.39 is 0 Å². The first kappa shape index (κ1) is 8.78. The predicted octanol–water partition coefficient (Wildman–Crippen LogP) is 1.89. The molecule has 0 fully saturated rings. The molecule has 0 unspecified atom stereocenters. The lowest BCUT2D eigenvalue weighted by molar-refractivity contribution is 0.266. The minimum absolute atomic E-state index is 0.321. The molecule has 2 heteroatoms. The molecule has 63 valence electrons. The Morgan fingerprint density at radius 3 is 2.42 bits per heavy atom. The fraction of sp³-hybridized carbons (Fsp3) is 0.300. The summed E-state index contributed by atoms with van der Waals surface area (Å²) in [5.41, 5.74) is 3.36. The summed E-state index contributed by atoms with van der Waals surface area (Å²) in [6, 6.07) is 5.98. The van der Waals surface area contributed by atoms with Crippen molar-refractivity contribution in [3.8, 4) is 0 Å². The van der Waals surface area contributed by atoms with Crippen LogP contribution < -0.4 is 0 Å². The Labute approximate surface area is 72.2 Å². The molecule has 0 bridgehead atoms. The van der Waals surface area contributed by atoms with E-state index in [0.717, 1.165) is 16.7 Å². The molecule has 1 rings (SSSR count). The Morgan fingerprint density at radius 2 is 1.92 bits per heavy atom. The second-order valence-corrected chi connectivity index (χ2v) is 2.74. The van der Waals surface area contributed by atoms with Gasteiger partial charge >= 0.3 is 6.47 Å². The molecule has 0 heterocycles. The zero-order valence-electron chi connectivity index (χ0n) is 7.26. The molecule has 0 amide bonds. The predicted molar refractivity (Wildman–Crippen MR) is 46.4 cm³/mol. The Bertz CT molecular complexity index is 259. The number of benzene rings is 1. The quantitative estimate of drug-likeness (QED) is 0.680. The highest BCUT2D eigenvalue weighted by atomic mass is 16.5. The van der Waals surface area contributed by atoms with Gasteiger partial charge in [-0.2, -0.15) is 0 Å². The van der Waals surface area contributed by atoms with Gasteiger partial charge in [-0.25, -0.2) is 4.79 Å². The van der Waals surface area contributed by atoms with Crippen molar-refractivity contribution in [1.82, 2.24) is 0 Å². The van der Waals surface area contributed by atoms with Crippen LogP contribution >= 0.6 is 0 Å². The molecule has 0 spiro atoms. The molecule has 0 saturated carbocycles. The number of hydrogen-bond donors (Lipinski definition) is 0. The zero-order valence-corrected chi connectivity index (χ0v) is 7.26. The maximum absolute atomic E-state index is 9.85. The standard InChI is InChI=1S/C10H11O2/c1-8-4-3-5-9(2)10(8)6-12-7-11/h3-5H,6H2,1-2H3. The molecule has 12 heavy (non-hydrogen) atoms. The number of aryl methyl sites for hydroxylation is 2. The van der Waals surface area contributed by atoms with Gasteiger partial charge < -0.3 is 4.74 Å². The minimum Gasteiger partial charge on any atom is -0.452 e. The van der Waals surface area contributed by atoms with E-state index >= 15 is 0 Å². The normalized spacial score (nSPS) is 9.50. The van der Waals surface area contributed by atoms with Gasteiger partial charge in [-0.05, 0) is 30.5 Å². The van der Waals surface area contributed by atoms with Crippen molar-refractivity contribution >= 4 is 6.47 Å². The summed E-state index contributed by atoms with van der Waals surface area (Å²) >= 11 is 0. The summed E-state index contributed by atoms with van der Waals surface area (Å²) in [6.45, 7) is 5.74. The lowest BCUT2D eigenvalue weighted by atomic mass is 10.0. The van der Waals surface area contributed by atoms with Crippen molar-refractivity contribution in [1.29, 1.82) is 0 Å². The van der Waals surface area contributed by atoms with E-state index in [1.807, 2.05) is 32.0 Å². The van der Waals surface area contributed by atoms with Crippen LogP contribution in [0, 0.1) is 13.8 Å². The fourth-order valence-electron chi connectivity index (χ4n) is 1.18. The summed E-state index contributed by atoms with van der Waals surface area (Å²) in [5, 5.41) is 0. The van der Waals surface area contributed by atoms with Gasteiger partial charge in [0, 0.05) is 0 Å². The van der Waals surface area contributed by atoms with Crippen LogP contribution in [0.4, 0.5) is 0 Å². The molecule has 0 N–H and O–H groups in total. The first-order chi connectivity index (χ1) is 5.75. The van der Waals surface area contributed by atoms with Gasteiger partial charge in [0.15, 0.2) is 0 Å². The van der Waals surface area contributed by atoms with E-state index in [2.05, 4.69) is 4.74 Å². The van der Waals surface area contributed by atoms with Gasteiger partial charge in [0.25, 0.3) is 0 Å². The van der Waals surface area contributed by atoms with Crippen LogP contribution in [0.2, 0.25) is 0 Å². The Morgan fingerprint density at radius 1 is 1.33 bits per heavy atom. The van der Waals surface area contributed by atoms with Crippen LogP contribution in [0.1, 0.15) is 16.7 Å². The van der Waals surface area contributed by atoms with Gasteiger partial charge in [0.05, 0.1) is 0 Å². The van der Waals surface area contributed by atoms with Gasteiger partial charge in [-0.1, -0.05) is 18.2 Å². The highest BCUT2D eigenvalue weighted by molar-refractivity contribution is 5.40. The van der Waals surface area contributed by atoms with Crippen LogP contribution in [0.3, 0.4) is 0 Å². The van der Waals surface area contributed by atoms with Crippen LogP contribution in [0.25, 0.3) is 0 Å². The molecule has 0 aliphatic carbocycles. The molecule has 0 aliphatic heterocycles. The lowest BCUT2D eigenvalue weighted by Crippen LogP contribution is -1.96. The summed E-state index contributed by atoms with van der Waals surface area (Å²) < 4.78 is 4.58. The maximum atomic E-state index is 9.85. The van der Waals surface area contributed by atoms with Gasteiger partial charge in [-0.15, -0.1) is 0 Å². The van der Waals surface area contributed by atoms with E-state index in [4.69, 9.17) is 0 Å². The average Bonchev–Trinajstić information content (AvgIpc) is 2.04. The first-order valence-electron chi connectivity index (χ1n) is 3.79. The molecule has 2 nitrogen and oxygen atoms in total. The molecule has 1 aromatic carbocycles. The number of carbonyl (C=O) groups excluding carboxylic acids is 1. The van der Waals surface area contributed by atoms with Gasteiger partial charge in [-0.3, -0.25) is 0 Å². The molecule has 0 atom stereocenters. The number of rotatable bonds is 3. The fourth-order valence-corrected chi connectivity index (χ4v) is 1.18. The van der Waals surface area contributed by atoms with E-state index in [-0.39, 0.29) is 0 Å². The monoisotopic (exact) mass is 163 g/mol. The topological polar surface area (TPSA) is 26.3 Å². The number of ether oxygens (including phenoxy) is 1. The van der Waals surface area contributed by atoms with Crippen molar-refractivity contribution in [3.05, 3.63) is 34.9 Å². The molecule has 0 saturated heterocycles. The van der Waals surface area contributed by atoms with E-state index in [1.54, 1.807) is 0 Å². The average molecular weight is 163 g/mol. The van der Waals surface area contributed by atoms with E-state index in [1.165, 1.54) is 6.47 Å². The van der Waals surface area contributed by atoms with Gasteiger partial charge in [0.1, 0.15) is 6.61 Å². The highest BCUT2D eigenvalue weighted by Crippen LogP contribution is 2.13. The molecular weight excluding hydrogens is 152 g/mol. The minimum atomic E-state index is 0.321. The molecule has 0 aliphatic rings. The largest absolute Gasteiger partial charge is 0.452 e. The maximum Gasteiger partial charge on any atom is 0.417 e. The van der Waals surface area contributed by atoms with Crippen molar-refractivity contribution < 1.29 is 9.53 Å². The van der Waals surface area contributed by atoms with E-state index in [0.29, 0.717) is 6.61 Å². The van der Waals surface area contributed by atoms with Crippen molar-refractivity contribution in [2.45, 2.75) is 20.5 Å². The molecule has 1 radical (unpaired) electrons. The second-order valence-electron chi connectivity index (χ2n) is 2.74. The zero-order chi connectivity index (χ0) is 8.97. The number of hydrogen-bond acceptors (Lipinski definition) is 2. The third kappa shape index (κ3) is 1.84. The Balaban J connectivity index is 2.88. The summed E-state index contributed by atoms with van der Waals surface area (Å²) in [6.07, 6.45) is 0. The van der Waals surface area contributed by atoms with Crippen molar-refractivity contribution in [2.24, 2.45) is 0 Å². The second kappa shape index (κ2) is 3.90. The smallest absolute Gasteiger partial charge is 0.417 e. The summed E-state index contributed by atoms with van der Waals surface area (Å²) in [7, 11) is 0. The third-order valence-electron chi connectivity index (χ3n) is 1.92. The van der Waals surface area contributed by atoms with Crippen LogP contribution in [0.5, 0.6) is 0 Å². The molecular formula is C10H11O2.